The first-order valence-corrected chi connectivity index (χ1v) is 4.71. The summed E-state index contributed by atoms with van der Waals surface area (Å²) in [4.78, 5) is 24.0. The molecule has 0 aliphatic carbocycles. The highest BCUT2D eigenvalue weighted by atomic mass is 16.2. The van der Waals surface area contributed by atoms with E-state index in [0.717, 1.165) is 6.42 Å². The summed E-state index contributed by atoms with van der Waals surface area (Å²) in [5, 5.41) is 0. The van der Waals surface area contributed by atoms with E-state index >= 15 is 0 Å². The third-order valence-electron chi connectivity index (χ3n) is 2.13. The monoisotopic (exact) mass is 181 g/mol. The standard InChI is InChI=1S/C10H15NO2/c1-2-3-4-10(13)11-7-5-9(12)6-8-11/h3-4H,2,5-8H2,1H3/b4-3+. The van der Waals surface area contributed by atoms with Crippen LogP contribution in [-0.4, -0.2) is 29.7 Å². The Morgan fingerprint density at radius 1 is 1.46 bits per heavy atom. The Kier molecular flexibility index (Phi) is 3.68. The molecule has 0 radical (unpaired) electrons. The van der Waals surface area contributed by atoms with E-state index < -0.39 is 0 Å². The van der Waals surface area contributed by atoms with Crippen LogP contribution in [0.5, 0.6) is 0 Å². The number of piperidine rings is 1. The average molecular weight is 181 g/mol. The Bertz CT molecular complexity index is 223. The average Bonchev–Trinajstić information content (AvgIpc) is 2.15. The van der Waals surface area contributed by atoms with Crippen LogP contribution in [0.15, 0.2) is 12.2 Å². The second kappa shape index (κ2) is 4.80. The number of rotatable bonds is 2. The minimum Gasteiger partial charge on any atom is -0.338 e. The molecular weight excluding hydrogens is 166 g/mol. The zero-order chi connectivity index (χ0) is 9.68. The summed E-state index contributed by atoms with van der Waals surface area (Å²) in [6.07, 6.45) is 5.35. The Morgan fingerprint density at radius 3 is 2.62 bits per heavy atom. The zero-order valence-electron chi connectivity index (χ0n) is 7.95. The van der Waals surface area contributed by atoms with Crippen molar-refractivity contribution in [3.63, 3.8) is 0 Å². The van der Waals surface area contributed by atoms with Gasteiger partial charge in [-0.2, -0.15) is 0 Å². The van der Waals surface area contributed by atoms with E-state index in [1.807, 2.05) is 13.0 Å². The molecule has 1 rings (SSSR count). The number of carbonyl (C=O) groups is 2. The SMILES string of the molecule is CC/C=C/C(=O)N1CCC(=O)CC1. The lowest BCUT2D eigenvalue weighted by molar-refractivity contribution is -0.130. The van der Waals surface area contributed by atoms with E-state index in [-0.39, 0.29) is 11.7 Å². The minimum absolute atomic E-state index is 0.0364. The van der Waals surface area contributed by atoms with Gasteiger partial charge in [-0.15, -0.1) is 0 Å². The highest BCUT2D eigenvalue weighted by molar-refractivity contribution is 5.89. The molecule has 0 N–H and O–H groups in total. The van der Waals surface area contributed by atoms with E-state index in [1.54, 1.807) is 11.0 Å². The first kappa shape index (κ1) is 9.96. The maximum atomic E-state index is 11.4. The molecule has 1 heterocycles. The third kappa shape index (κ3) is 3.01. The van der Waals surface area contributed by atoms with Crippen LogP contribution in [0.25, 0.3) is 0 Å². The van der Waals surface area contributed by atoms with Crippen molar-refractivity contribution in [1.29, 1.82) is 0 Å². The van der Waals surface area contributed by atoms with Gasteiger partial charge < -0.3 is 4.90 Å². The smallest absolute Gasteiger partial charge is 0.246 e. The molecule has 0 atom stereocenters. The molecule has 0 bridgehead atoms. The molecule has 0 saturated carbocycles. The van der Waals surface area contributed by atoms with Crippen molar-refractivity contribution >= 4 is 11.7 Å². The number of ketones is 1. The van der Waals surface area contributed by atoms with Crippen molar-refractivity contribution in [3.8, 4) is 0 Å². The van der Waals surface area contributed by atoms with Crippen molar-refractivity contribution in [3.05, 3.63) is 12.2 Å². The number of carbonyl (C=O) groups excluding carboxylic acids is 2. The van der Waals surface area contributed by atoms with Crippen LogP contribution in [-0.2, 0) is 9.59 Å². The van der Waals surface area contributed by atoms with Crippen molar-refractivity contribution in [2.45, 2.75) is 26.2 Å². The Balaban J connectivity index is 2.40. The van der Waals surface area contributed by atoms with Crippen molar-refractivity contribution in [2.24, 2.45) is 0 Å². The predicted molar refractivity (Wildman–Crippen MR) is 50.3 cm³/mol. The van der Waals surface area contributed by atoms with Gasteiger partial charge in [-0.05, 0) is 12.5 Å². The largest absolute Gasteiger partial charge is 0.338 e. The first-order valence-electron chi connectivity index (χ1n) is 4.71. The summed E-state index contributed by atoms with van der Waals surface area (Å²) in [7, 11) is 0. The van der Waals surface area contributed by atoms with Gasteiger partial charge in [0.25, 0.3) is 0 Å². The minimum atomic E-state index is 0.0364. The first-order chi connectivity index (χ1) is 6.24. The van der Waals surface area contributed by atoms with Crippen LogP contribution in [0.1, 0.15) is 26.2 Å². The van der Waals surface area contributed by atoms with E-state index in [2.05, 4.69) is 0 Å². The van der Waals surface area contributed by atoms with Crippen molar-refractivity contribution in [2.75, 3.05) is 13.1 Å². The van der Waals surface area contributed by atoms with Gasteiger partial charge in [0.1, 0.15) is 5.78 Å². The summed E-state index contributed by atoms with van der Waals surface area (Å²) in [5.41, 5.74) is 0. The van der Waals surface area contributed by atoms with Crippen LogP contribution in [0.4, 0.5) is 0 Å². The summed E-state index contributed by atoms with van der Waals surface area (Å²) in [6.45, 7) is 3.17. The van der Waals surface area contributed by atoms with Crippen LogP contribution >= 0.6 is 0 Å². The molecule has 0 spiro atoms. The van der Waals surface area contributed by atoms with Crippen LogP contribution in [0.2, 0.25) is 0 Å². The van der Waals surface area contributed by atoms with Gasteiger partial charge in [0.2, 0.25) is 5.91 Å². The molecule has 1 aliphatic rings. The summed E-state index contributed by atoms with van der Waals surface area (Å²) >= 11 is 0. The van der Waals surface area contributed by atoms with Crippen molar-refractivity contribution in [1.82, 2.24) is 4.90 Å². The molecule has 3 heteroatoms. The molecule has 1 aliphatic heterocycles. The highest BCUT2D eigenvalue weighted by Gasteiger charge is 2.18. The summed E-state index contributed by atoms with van der Waals surface area (Å²) in [5.74, 6) is 0.304. The quantitative estimate of drug-likeness (QED) is 0.599. The number of hydrogen-bond acceptors (Lipinski definition) is 2. The fraction of sp³-hybridized carbons (Fsp3) is 0.600. The fourth-order valence-electron chi connectivity index (χ4n) is 1.30. The molecule has 1 fully saturated rings. The summed E-state index contributed by atoms with van der Waals surface area (Å²) in [6, 6.07) is 0. The Hall–Kier alpha value is -1.12. The number of allylic oxidation sites excluding steroid dienone is 1. The van der Waals surface area contributed by atoms with Gasteiger partial charge in [0, 0.05) is 25.9 Å². The van der Waals surface area contributed by atoms with Gasteiger partial charge in [0.05, 0.1) is 0 Å². The second-order valence-corrected chi connectivity index (χ2v) is 3.17. The van der Waals surface area contributed by atoms with Gasteiger partial charge >= 0.3 is 0 Å². The van der Waals surface area contributed by atoms with E-state index in [9.17, 15) is 9.59 Å². The predicted octanol–water partition coefficient (Wildman–Crippen LogP) is 1.14. The highest BCUT2D eigenvalue weighted by Crippen LogP contribution is 2.06. The van der Waals surface area contributed by atoms with Gasteiger partial charge in [-0.1, -0.05) is 13.0 Å². The molecule has 1 saturated heterocycles. The van der Waals surface area contributed by atoms with E-state index in [1.165, 1.54) is 0 Å². The molecular formula is C10H15NO2. The zero-order valence-corrected chi connectivity index (χ0v) is 7.95. The Morgan fingerprint density at radius 2 is 2.08 bits per heavy atom. The molecule has 72 valence electrons. The lowest BCUT2D eigenvalue weighted by Gasteiger charge is -2.24. The van der Waals surface area contributed by atoms with Crippen LogP contribution in [0, 0.1) is 0 Å². The second-order valence-electron chi connectivity index (χ2n) is 3.17. The van der Waals surface area contributed by atoms with Gasteiger partial charge in [0.15, 0.2) is 0 Å². The molecule has 0 aromatic rings. The lowest BCUT2D eigenvalue weighted by Crippen LogP contribution is -2.37. The molecule has 1 amide bonds. The molecule has 0 aromatic heterocycles. The van der Waals surface area contributed by atoms with E-state index in [4.69, 9.17) is 0 Å². The maximum Gasteiger partial charge on any atom is 0.246 e. The number of amides is 1. The fourth-order valence-corrected chi connectivity index (χ4v) is 1.30. The van der Waals surface area contributed by atoms with Gasteiger partial charge in [-0.25, -0.2) is 0 Å². The lowest BCUT2D eigenvalue weighted by atomic mass is 10.1. The Labute approximate surface area is 78.4 Å². The van der Waals surface area contributed by atoms with Gasteiger partial charge in [-0.3, -0.25) is 9.59 Å². The number of Topliss-reactive ketones (excluding diaryl/α,β-unsaturated/α-hetero) is 1. The number of likely N-dealkylation sites (tertiary alicyclic amines) is 1. The van der Waals surface area contributed by atoms with Crippen LogP contribution < -0.4 is 0 Å². The van der Waals surface area contributed by atoms with E-state index in [0.29, 0.717) is 25.9 Å². The number of nitrogens with zero attached hydrogens (tertiary/aromatic N) is 1. The van der Waals surface area contributed by atoms with Crippen molar-refractivity contribution < 1.29 is 9.59 Å². The normalized spacial score (nSPS) is 18.2. The molecule has 3 nitrogen and oxygen atoms in total. The topological polar surface area (TPSA) is 37.4 Å². The molecule has 0 unspecified atom stereocenters. The number of hydrogen-bond donors (Lipinski definition) is 0. The summed E-state index contributed by atoms with van der Waals surface area (Å²) < 4.78 is 0. The molecule has 0 aromatic carbocycles. The third-order valence-corrected chi connectivity index (χ3v) is 2.13. The van der Waals surface area contributed by atoms with Crippen LogP contribution in [0.3, 0.4) is 0 Å². The molecule has 13 heavy (non-hydrogen) atoms. The maximum absolute atomic E-state index is 11.4.